The van der Waals surface area contributed by atoms with Crippen LogP contribution >= 0.6 is 0 Å². The van der Waals surface area contributed by atoms with E-state index in [4.69, 9.17) is 9.47 Å². The zero-order valence-corrected chi connectivity index (χ0v) is 12.2. The summed E-state index contributed by atoms with van der Waals surface area (Å²) in [4.78, 5) is 0. The van der Waals surface area contributed by atoms with Gasteiger partial charge in [0.2, 0.25) is 0 Å². The van der Waals surface area contributed by atoms with Gasteiger partial charge in [-0.3, -0.25) is 0 Å². The van der Waals surface area contributed by atoms with E-state index in [1.807, 2.05) is 6.07 Å². The molecule has 1 saturated carbocycles. The maximum absolute atomic E-state index is 10.8. The minimum Gasteiger partial charge on any atom is -0.385 e. The minimum atomic E-state index is -0.573. The quantitative estimate of drug-likeness (QED) is 0.918. The summed E-state index contributed by atoms with van der Waals surface area (Å²) in [5.41, 5.74) is 1.86. The molecule has 0 bridgehead atoms. The molecule has 110 valence electrons. The van der Waals surface area contributed by atoms with Crippen molar-refractivity contribution in [2.75, 3.05) is 20.3 Å². The molecule has 3 heteroatoms. The zero-order chi connectivity index (χ0) is 14.0. The van der Waals surface area contributed by atoms with Crippen LogP contribution in [0.5, 0.6) is 0 Å². The predicted molar refractivity (Wildman–Crippen MR) is 77.8 cm³/mol. The summed E-state index contributed by atoms with van der Waals surface area (Å²) in [7, 11) is 1.70. The summed E-state index contributed by atoms with van der Waals surface area (Å²) in [6.45, 7) is 1.32. The fraction of sp³-hybridized carbons (Fsp3) is 0.647. The van der Waals surface area contributed by atoms with Gasteiger partial charge in [-0.2, -0.15) is 0 Å². The number of methoxy groups -OCH3 is 1. The van der Waals surface area contributed by atoms with Crippen molar-refractivity contribution in [1.82, 2.24) is 0 Å². The van der Waals surface area contributed by atoms with Gasteiger partial charge in [0.25, 0.3) is 0 Å². The number of benzene rings is 1. The molecule has 1 saturated heterocycles. The van der Waals surface area contributed by atoms with E-state index in [0.717, 1.165) is 18.4 Å². The first-order valence-corrected chi connectivity index (χ1v) is 7.66. The molecule has 0 aromatic heterocycles. The van der Waals surface area contributed by atoms with Gasteiger partial charge in [-0.15, -0.1) is 0 Å². The Bertz CT molecular complexity index is 447. The molecule has 1 unspecified atom stereocenters. The smallest absolute Gasteiger partial charge is 0.108 e. The van der Waals surface area contributed by atoms with Crippen molar-refractivity contribution >= 4 is 0 Å². The van der Waals surface area contributed by atoms with Crippen LogP contribution in [-0.4, -0.2) is 31.0 Å². The van der Waals surface area contributed by atoms with Crippen LogP contribution in [0, 0.1) is 0 Å². The van der Waals surface area contributed by atoms with Crippen LogP contribution < -0.4 is 0 Å². The summed E-state index contributed by atoms with van der Waals surface area (Å²) in [6.07, 6.45) is 4.82. The van der Waals surface area contributed by atoms with Crippen molar-refractivity contribution in [3.63, 3.8) is 0 Å². The molecule has 0 radical (unpaired) electrons. The Balaban J connectivity index is 1.83. The summed E-state index contributed by atoms with van der Waals surface area (Å²) in [6, 6.07) is 8.44. The zero-order valence-electron chi connectivity index (χ0n) is 12.2. The van der Waals surface area contributed by atoms with Gasteiger partial charge in [-0.1, -0.05) is 30.7 Å². The lowest BCUT2D eigenvalue weighted by Crippen LogP contribution is -2.43. The lowest BCUT2D eigenvalue weighted by atomic mass is 9.78. The van der Waals surface area contributed by atoms with Gasteiger partial charge in [0.15, 0.2) is 0 Å². The van der Waals surface area contributed by atoms with Crippen LogP contribution in [0.4, 0.5) is 0 Å². The molecule has 1 N–H and O–H groups in total. The molecule has 2 fully saturated rings. The molecule has 1 atom stereocenters. The second kappa shape index (κ2) is 5.84. The van der Waals surface area contributed by atoms with Crippen LogP contribution in [0.3, 0.4) is 0 Å². The average molecular weight is 276 g/mol. The molecule has 3 rings (SSSR count). The highest BCUT2D eigenvalue weighted by Gasteiger charge is 2.40. The first-order chi connectivity index (χ1) is 9.75. The molecule has 1 aromatic rings. The van der Waals surface area contributed by atoms with Crippen molar-refractivity contribution < 1.29 is 14.6 Å². The van der Waals surface area contributed by atoms with Crippen LogP contribution in [0.1, 0.15) is 55.3 Å². The van der Waals surface area contributed by atoms with Gasteiger partial charge in [0, 0.05) is 33.2 Å². The van der Waals surface area contributed by atoms with Crippen LogP contribution in [-0.2, 0) is 9.47 Å². The van der Waals surface area contributed by atoms with Crippen molar-refractivity contribution in [1.29, 1.82) is 0 Å². The predicted octanol–water partition coefficient (Wildman–Crippen LogP) is 3.18. The maximum atomic E-state index is 10.8. The third-order valence-corrected chi connectivity index (χ3v) is 5.05. The number of hydrogen-bond donors (Lipinski definition) is 1. The van der Waals surface area contributed by atoms with Crippen molar-refractivity contribution in [3.05, 3.63) is 35.4 Å². The highest BCUT2D eigenvalue weighted by molar-refractivity contribution is 5.30. The molecule has 1 aromatic carbocycles. The van der Waals surface area contributed by atoms with E-state index in [9.17, 15) is 5.11 Å². The molecule has 20 heavy (non-hydrogen) atoms. The van der Waals surface area contributed by atoms with Crippen molar-refractivity contribution in [2.45, 2.75) is 49.7 Å². The topological polar surface area (TPSA) is 38.7 Å². The summed E-state index contributed by atoms with van der Waals surface area (Å²) in [5.74, 6) is 0.690. The number of aliphatic hydroxyl groups is 1. The number of rotatable bonds is 4. The van der Waals surface area contributed by atoms with Gasteiger partial charge >= 0.3 is 0 Å². The van der Waals surface area contributed by atoms with Crippen LogP contribution in [0.15, 0.2) is 24.3 Å². The highest BCUT2D eigenvalue weighted by Crippen LogP contribution is 2.40. The molecule has 2 aliphatic rings. The molecule has 0 spiro atoms. The van der Waals surface area contributed by atoms with E-state index in [1.54, 1.807) is 7.11 Å². The lowest BCUT2D eigenvalue weighted by Gasteiger charge is -2.40. The lowest BCUT2D eigenvalue weighted by molar-refractivity contribution is -0.154. The van der Waals surface area contributed by atoms with E-state index < -0.39 is 11.7 Å². The second-order valence-corrected chi connectivity index (χ2v) is 6.08. The SMILES string of the molecule is COC1(C(O)c2cccc(C3CCC3)c2)CCOCC1. The third-order valence-electron chi connectivity index (χ3n) is 5.05. The molecule has 0 amide bonds. The molecule has 1 aliphatic heterocycles. The van der Waals surface area contributed by atoms with Crippen LogP contribution in [0.2, 0.25) is 0 Å². The molecule has 1 aliphatic carbocycles. The summed E-state index contributed by atoms with van der Waals surface area (Å²) < 4.78 is 11.1. The van der Waals surface area contributed by atoms with E-state index in [2.05, 4.69) is 18.2 Å². The van der Waals surface area contributed by atoms with E-state index in [1.165, 1.54) is 24.8 Å². The molecule has 1 heterocycles. The largest absolute Gasteiger partial charge is 0.385 e. The second-order valence-electron chi connectivity index (χ2n) is 6.08. The van der Waals surface area contributed by atoms with E-state index >= 15 is 0 Å². The van der Waals surface area contributed by atoms with E-state index in [-0.39, 0.29) is 0 Å². The highest BCUT2D eigenvalue weighted by atomic mass is 16.5. The molecule has 3 nitrogen and oxygen atoms in total. The van der Waals surface area contributed by atoms with E-state index in [0.29, 0.717) is 19.1 Å². The Morgan fingerprint density at radius 3 is 2.65 bits per heavy atom. The number of ether oxygens (including phenoxy) is 2. The fourth-order valence-corrected chi connectivity index (χ4v) is 3.33. The molecular weight excluding hydrogens is 252 g/mol. The third kappa shape index (κ3) is 2.50. The summed E-state index contributed by atoms with van der Waals surface area (Å²) in [5, 5.41) is 10.8. The Morgan fingerprint density at radius 2 is 2.05 bits per heavy atom. The molecular formula is C17H24O3. The minimum absolute atomic E-state index is 0.490. The first-order valence-electron chi connectivity index (χ1n) is 7.66. The van der Waals surface area contributed by atoms with Gasteiger partial charge < -0.3 is 14.6 Å². The van der Waals surface area contributed by atoms with Gasteiger partial charge in [-0.05, 0) is 29.9 Å². The Hall–Kier alpha value is -0.900. The van der Waals surface area contributed by atoms with Gasteiger partial charge in [-0.25, -0.2) is 0 Å². The number of aliphatic hydroxyl groups excluding tert-OH is 1. The monoisotopic (exact) mass is 276 g/mol. The standard InChI is InChI=1S/C17H24O3/c1-19-17(8-10-20-11-9-17)16(18)15-7-3-6-14(12-15)13-4-2-5-13/h3,6-7,12-13,16,18H,2,4-5,8-11H2,1H3. The Morgan fingerprint density at radius 1 is 1.30 bits per heavy atom. The van der Waals surface area contributed by atoms with Crippen LogP contribution in [0.25, 0.3) is 0 Å². The van der Waals surface area contributed by atoms with Gasteiger partial charge in [0.05, 0.1) is 0 Å². The van der Waals surface area contributed by atoms with Crippen molar-refractivity contribution in [2.24, 2.45) is 0 Å². The number of hydrogen-bond acceptors (Lipinski definition) is 3. The maximum Gasteiger partial charge on any atom is 0.108 e. The van der Waals surface area contributed by atoms with Crippen molar-refractivity contribution in [3.8, 4) is 0 Å². The fourth-order valence-electron chi connectivity index (χ4n) is 3.33. The Labute approximate surface area is 120 Å². The average Bonchev–Trinajstić information content (AvgIpc) is 2.46. The first kappa shape index (κ1) is 14.1. The van der Waals surface area contributed by atoms with Gasteiger partial charge in [0.1, 0.15) is 11.7 Å². The Kier molecular flexibility index (Phi) is 4.11. The normalized spacial score (nSPS) is 24.1. The summed E-state index contributed by atoms with van der Waals surface area (Å²) >= 11 is 0.